The van der Waals surface area contributed by atoms with Gasteiger partial charge < -0.3 is 9.15 Å². The van der Waals surface area contributed by atoms with Crippen LogP contribution in [0, 0.1) is 0 Å². The molecule has 1 atom stereocenters. The number of ether oxygens (including phenoxy) is 1. The van der Waals surface area contributed by atoms with Crippen LogP contribution in [0.1, 0.15) is 46.6 Å². The van der Waals surface area contributed by atoms with Gasteiger partial charge >= 0.3 is 5.97 Å². The summed E-state index contributed by atoms with van der Waals surface area (Å²) in [7, 11) is 1.36. The van der Waals surface area contributed by atoms with Gasteiger partial charge in [0, 0.05) is 0 Å². The van der Waals surface area contributed by atoms with Crippen molar-refractivity contribution in [3.8, 4) is 0 Å². The minimum absolute atomic E-state index is 0.256. The molecule has 0 unspecified atom stereocenters. The third kappa shape index (κ3) is 3.32. The highest BCUT2D eigenvalue weighted by molar-refractivity contribution is 7.18. The zero-order valence-electron chi connectivity index (χ0n) is 14.1. The summed E-state index contributed by atoms with van der Waals surface area (Å²) in [5.41, 5.74) is 1.07. The minimum Gasteiger partial charge on any atom is -0.463 e. The Morgan fingerprint density at radius 1 is 1.32 bits per heavy atom. The highest BCUT2D eigenvalue weighted by Crippen LogP contribution is 2.36. The van der Waals surface area contributed by atoms with Crippen molar-refractivity contribution in [1.82, 2.24) is 9.88 Å². The molecule has 1 aliphatic rings. The van der Waals surface area contributed by atoms with Gasteiger partial charge in [-0.2, -0.15) is 0 Å². The van der Waals surface area contributed by atoms with E-state index in [1.54, 1.807) is 17.4 Å². The number of piperidine rings is 1. The minimum atomic E-state index is -0.437. The molecule has 1 saturated heterocycles. The average molecular weight is 356 g/mol. The third-order valence-corrected chi connectivity index (χ3v) is 5.75. The number of nitrogens with zero attached hydrogens (tertiary/aromatic N) is 2. The van der Waals surface area contributed by atoms with E-state index < -0.39 is 5.97 Å². The number of esters is 1. The zero-order valence-corrected chi connectivity index (χ0v) is 14.9. The van der Waals surface area contributed by atoms with E-state index in [0.29, 0.717) is 12.6 Å². The van der Waals surface area contributed by atoms with E-state index in [4.69, 9.17) is 14.1 Å². The average Bonchev–Trinajstić information content (AvgIpc) is 3.28. The molecule has 0 N–H and O–H groups in total. The Morgan fingerprint density at radius 2 is 2.20 bits per heavy atom. The van der Waals surface area contributed by atoms with E-state index in [2.05, 4.69) is 23.1 Å². The van der Waals surface area contributed by atoms with Gasteiger partial charge in [-0.25, -0.2) is 9.78 Å². The molecule has 0 radical (unpaired) electrons. The molecule has 25 heavy (non-hydrogen) atoms. The fraction of sp³-hybridized carbons (Fsp3) is 0.368. The monoisotopic (exact) mass is 356 g/mol. The van der Waals surface area contributed by atoms with E-state index >= 15 is 0 Å². The van der Waals surface area contributed by atoms with Crippen LogP contribution in [0.2, 0.25) is 0 Å². The zero-order chi connectivity index (χ0) is 17.2. The number of hydrogen-bond donors (Lipinski definition) is 0. The molecule has 6 heteroatoms. The molecule has 0 aliphatic carbocycles. The number of benzene rings is 1. The molecule has 130 valence electrons. The Balaban J connectivity index is 1.56. The molecule has 0 spiro atoms. The first-order valence-electron chi connectivity index (χ1n) is 8.51. The Bertz CT molecular complexity index is 853. The van der Waals surface area contributed by atoms with Crippen molar-refractivity contribution in [1.29, 1.82) is 0 Å². The van der Waals surface area contributed by atoms with E-state index in [1.165, 1.54) is 29.7 Å². The molecule has 3 heterocycles. The van der Waals surface area contributed by atoms with Crippen LogP contribution in [-0.2, 0) is 11.3 Å². The van der Waals surface area contributed by atoms with Crippen LogP contribution in [0.3, 0.4) is 0 Å². The number of carbonyl (C=O) groups excluding carboxylic acids is 1. The van der Waals surface area contributed by atoms with Gasteiger partial charge in [0.1, 0.15) is 10.8 Å². The molecule has 5 nitrogen and oxygen atoms in total. The molecule has 0 amide bonds. The van der Waals surface area contributed by atoms with Crippen molar-refractivity contribution in [3.63, 3.8) is 0 Å². The number of methoxy groups -OCH3 is 1. The van der Waals surface area contributed by atoms with Gasteiger partial charge in [-0.05, 0) is 43.7 Å². The Labute approximate surface area is 150 Å². The normalized spacial score (nSPS) is 18.5. The van der Waals surface area contributed by atoms with Gasteiger partial charge in [-0.15, -0.1) is 11.3 Å². The number of thiazole rings is 1. The van der Waals surface area contributed by atoms with Crippen LogP contribution < -0.4 is 0 Å². The molecule has 4 rings (SSSR count). The van der Waals surface area contributed by atoms with Crippen LogP contribution in [0.15, 0.2) is 40.8 Å². The van der Waals surface area contributed by atoms with Crippen LogP contribution in [0.25, 0.3) is 10.2 Å². The van der Waals surface area contributed by atoms with Crippen molar-refractivity contribution < 1.29 is 13.9 Å². The van der Waals surface area contributed by atoms with Crippen LogP contribution in [0.5, 0.6) is 0 Å². The standard InChI is InChI=1S/C19H20N2O3S/c1-23-19(22)16-10-9-13(24-16)12-21-11-5-4-7-15(21)18-20-14-6-2-3-8-17(14)25-18/h2-3,6,8-10,15H,4-5,7,11-12H2,1H3/t15-/m1/s1. The summed E-state index contributed by atoms with van der Waals surface area (Å²) in [4.78, 5) is 18.8. The largest absolute Gasteiger partial charge is 0.463 e. The van der Waals surface area contributed by atoms with Gasteiger partial charge in [-0.3, -0.25) is 4.90 Å². The SMILES string of the molecule is COC(=O)c1ccc(CN2CCCC[C@@H]2c2nc3ccccc3s2)o1. The maximum atomic E-state index is 11.6. The first-order valence-corrected chi connectivity index (χ1v) is 9.33. The fourth-order valence-electron chi connectivity index (χ4n) is 3.37. The van der Waals surface area contributed by atoms with Gasteiger partial charge in [-0.1, -0.05) is 18.6 Å². The summed E-state index contributed by atoms with van der Waals surface area (Å²) >= 11 is 1.77. The van der Waals surface area contributed by atoms with E-state index in [-0.39, 0.29) is 5.76 Å². The number of para-hydroxylation sites is 1. The smallest absolute Gasteiger partial charge is 0.373 e. The summed E-state index contributed by atoms with van der Waals surface area (Å²) in [5, 5.41) is 1.17. The van der Waals surface area contributed by atoms with Crippen LogP contribution in [0.4, 0.5) is 0 Å². The van der Waals surface area contributed by atoms with Gasteiger partial charge in [0.25, 0.3) is 0 Å². The second-order valence-corrected chi connectivity index (χ2v) is 7.32. The summed E-state index contributed by atoms with van der Waals surface area (Å²) in [5.74, 6) is 0.604. The number of aromatic nitrogens is 1. The van der Waals surface area contributed by atoms with E-state index in [9.17, 15) is 4.79 Å². The molecule has 1 aromatic carbocycles. The third-order valence-electron chi connectivity index (χ3n) is 4.62. The number of furan rings is 1. The lowest BCUT2D eigenvalue weighted by Crippen LogP contribution is -2.32. The van der Waals surface area contributed by atoms with Crippen molar-refractivity contribution in [2.24, 2.45) is 0 Å². The van der Waals surface area contributed by atoms with Crippen LogP contribution in [-0.4, -0.2) is 29.5 Å². The van der Waals surface area contributed by atoms with E-state index in [1.807, 2.05) is 12.1 Å². The molecule has 2 aromatic heterocycles. The first kappa shape index (κ1) is 16.3. The molecular formula is C19H20N2O3S. The van der Waals surface area contributed by atoms with Crippen molar-refractivity contribution >= 4 is 27.5 Å². The molecular weight excluding hydrogens is 336 g/mol. The number of carbonyl (C=O) groups is 1. The Kier molecular flexibility index (Phi) is 4.55. The molecule has 1 fully saturated rings. The lowest BCUT2D eigenvalue weighted by Gasteiger charge is -2.33. The number of hydrogen-bond acceptors (Lipinski definition) is 6. The summed E-state index contributed by atoms with van der Waals surface area (Å²) in [6.45, 7) is 1.69. The predicted octanol–water partition coefficient (Wildman–Crippen LogP) is 4.40. The Morgan fingerprint density at radius 3 is 3.04 bits per heavy atom. The quantitative estimate of drug-likeness (QED) is 0.649. The summed E-state index contributed by atoms with van der Waals surface area (Å²) in [6.07, 6.45) is 3.49. The second-order valence-electron chi connectivity index (χ2n) is 6.26. The van der Waals surface area contributed by atoms with E-state index in [0.717, 1.165) is 24.2 Å². The van der Waals surface area contributed by atoms with Crippen molar-refractivity contribution in [2.45, 2.75) is 31.8 Å². The van der Waals surface area contributed by atoms with Gasteiger partial charge in [0.2, 0.25) is 5.76 Å². The highest BCUT2D eigenvalue weighted by atomic mass is 32.1. The first-order chi connectivity index (χ1) is 12.2. The fourth-order valence-corrected chi connectivity index (χ4v) is 4.50. The molecule has 1 aliphatic heterocycles. The number of likely N-dealkylation sites (tertiary alicyclic amines) is 1. The highest BCUT2D eigenvalue weighted by Gasteiger charge is 2.27. The summed E-state index contributed by atoms with van der Waals surface area (Å²) < 4.78 is 11.6. The van der Waals surface area contributed by atoms with Crippen molar-refractivity contribution in [3.05, 3.63) is 52.9 Å². The topological polar surface area (TPSA) is 55.6 Å². The second kappa shape index (κ2) is 6.98. The molecule has 0 bridgehead atoms. The maximum absolute atomic E-state index is 11.6. The lowest BCUT2D eigenvalue weighted by molar-refractivity contribution is 0.0558. The Hall–Kier alpha value is -2.18. The lowest BCUT2D eigenvalue weighted by atomic mass is 10.0. The van der Waals surface area contributed by atoms with Gasteiger partial charge in [0.15, 0.2) is 0 Å². The van der Waals surface area contributed by atoms with Gasteiger partial charge in [0.05, 0.1) is 29.9 Å². The maximum Gasteiger partial charge on any atom is 0.373 e. The van der Waals surface area contributed by atoms with Crippen LogP contribution >= 0.6 is 11.3 Å². The summed E-state index contributed by atoms with van der Waals surface area (Å²) in [6, 6.07) is 12.1. The number of rotatable bonds is 4. The predicted molar refractivity (Wildman–Crippen MR) is 96.7 cm³/mol. The molecule has 3 aromatic rings. The number of fused-ring (bicyclic) bond motifs is 1. The van der Waals surface area contributed by atoms with Crippen molar-refractivity contribution in [2.75, 3.05) is 13.7 Å². The molecule has 0 saturated carbocycles.